The van der Waals surface area contributed by atoms with E-state index in [0.717, 1.165) is 19.4 Å². The van der Waals surface area contributed by atoms with Crippen LogP contribution in [0.25, 0.3) is 0 Å². The molecule has 0 saturated carbocycles. The van der Waals surface area contributed by atoms with Gasteiger partial charge in [0.2, 0.25) is 0 Å². The Labute approximate surface area is 125 Å². The first-order chi connectivity index (χ1) is 9.93. The summed E-state index contributed by atoms with van der Waals surface area (Å²) in [6.45, 7) is 6.44. The Balaban J connectivity index is 2.33. The quantitative estimate of drug-likeness (QED) is 0.781. The molecule has 0 spiro atoms. The van der Waals surface area contributed by atoms with E-state index in [1.54, 1.807) is 4.68 Å². The molecular formula is C14H25N5O2. The van der Waals surface area contributed by atoms with Crippen molar-refractivity contribution in [3.8, 4) is 0 Å². The van der Waals surface area contributed by atoms with Gasteiger partial charge in [0.15, 0.2) is 5.82 Å². The van der Waals surface area contributed by atoms with Gasteiger partial charge in [-0.15, -0.1) is 0 Å². The molecule has 2 heterocycles. The topological polar surface area (TPSA) is 99.4 Å². The lowest BCUT2D eigenvalue weighted by molar-refractivity contribution is 0.0602. The van der Waals surface area contributed by atoms with Gasteiger partial charge in [-0.2, -0.15) is 5.10 Å². The number of nitrogen functional groups attached to an aromatic ring is 1. The molecule has 1 aromatic rings. The van der Waals surface area contributed by atoms with Crippen LogP contribution in [-0.2, 0) is 11.3 Å². The smallest absolute Gasteiger partial charge is 0.345 e. The number of methoxy groups -OCH3 is 1. The summed E-state index contributed by atoms with van der Waals surface area (Å²) in [7, 11) is 1.35. The first-order valence-corrected chi connectivity index (χ1v) is 7.39. The third kappa shape index (κ3) is 3.29. The normalized spacial score (nSPS) is 18.5. The average Bonchev–Trinajstić information content (AvgIpc) is 2.99. The summed E-state index contributed by atoms with van der Waals surface area (Å²) in [6.07, 6.45) is 1.84. The molecule has 1 fully saturated rings. The van der Waals surface area contributed by atoms with Crippen LogP contribution in [0, 0.1) is 5.92 Å². The van der Waals surface area contributed by atoms with Crippen molar-refractivity contribution in [3.05, 3.63) is 5.56 Å². The largest absolute Gasteiger partial charge is 0.465 e. The van der Waals surface area contributed by atoms with E-state index < -0.39 is 5.97 Å². The molecule has 0 aliphatic carbocycles. The molecule has 4 N–H and O–H groups in total. The molecule has 7 nitrogen and oxygen atoms in total. The molecule has 1 aliphatic rings. The Morgan fingerprint density at radius 1 is 1.52 bits per heavy atom. The molecule has 2 rings (SSSR count). The number of nitrogens with zero attached hydrogens (tertiary/aromatic N) is 3. The molecule has 118 valence electrons. The average molecular weight is 295 g/mol. The first kappa shape index (κ1) is 15.6. The number of hydrogen-bond donors (Lipinski definition) is 2. The molecule has 1 saturated heterocycles. The lowest BCUT2D eigenvalue weighted by Gasteiger charge is -2.15. The fraction of sp³-hybridized carbons (Fsp3) is 0.714. The lowest BCUT2D eigenvalue weighted by atomic mass is 10.1. The molecule has 0 amide bonds. The van der Waals surface area contributed by atoms with Crippen LogP contribution in [0.2, 0.25) is 0 Å². The van der Waals surface area contributed by atoms with Crippen LogP contribution < -0.4 is 16.4 Å². The highest BCUT2D eigenvalue weighted by atomic mass is 16.5. The second-order valence-electron chi connectivity index (χ2n) is 5.98. The van der Waals surface area contributed by atoms with Crippen LogP contribution in [0.15, 0.2) is 0 Å². The van der Waals surface area contributed by atoms with E-state index in [4.69, 9.17) is 16.2 Å². The number of carbonyl (C=O) groups excluding carboxylic acids is 1. The monoisotopic (exact) mass is 295 g/mol. The molecule has 1 aliphatic heterocycles. The van der Waals surface area contributed by atoms with Gasteiger partial charge in [-0.05, 0) is 18.8 Å². The summed E-state index contributed by atoms with van der Waals surface area (Å²) < 4.78 is 6.55. The molecule has 0 radical (unpaired) electrons. The molecule has 1 atom stereocenters. The maximum Gasteiger partial charge on any atom is 0.345 e. The van der Waals surface area contributed by atoms with Crippen LogP contribution in [0.1, 0.15) is 37.0 Å². The van der Waals surface area contributed by atoms with Crippen LogP contribution in [0.4, 0.5) is 11.6 Å². The summed E-state index contributed by atoms with van der Waals surface area (Å²) in [5, 5.41) is 4.53. The number of rotatable bonds is 5. The van der Waals surface area contributed by atoms with Crippen molar-refractivity contribution in [2.24, 2.45) is 11.7 Å². The van der Waals surface area contributed by atoms with Gasteiger partial charge >= 0.3 is 5.97 Å². The number of aryl methyl sites for hydroxylation is 1. The summed E-state index contributed by atoms with van der Waals surface area (Å²) in [5.74, 6) is 1.06. The fourth-order valence-corrected chi connectivity index (χ4v) is 2.51. The van der Waals surface area contributed by atoms with Crippen molar-refractivity contribution in [1.82, 2.24) is 9.78 Å². The van der Waals surface area contributed by atoms with Crippen molar-refractivity contribution in [2.75, 3.05) is 30.8 Å². The number of carbonyl (C=O) groups is 1. The van der Waals surface area contributed by atoms with E-state index in [2.05, 4.69) is 18.9 Å². The van der Waals surface area contributed by atoms with E-state index in [0.29, 0.717) is 36.2 Å². The standard InChI is InChI=1S/C14H25N5O2/c1-9(2)4-7-19-12(16)11(14(20)21-3)13(17-19)18-6-5-10(15)8-18/h9-10H,4-8,15-16H2,1-3H3. The molecule has 0 bridgehead atoms. The van der Waals surface area contributed by atoms with E-state index in [1.165, 1.54) is 7.11 Å². The van der Waals surface area contributed by atoms with E-state index in [1.807, 2.05) is 4.90 Å². The van der Waals surface area contributed by atoms with E-state index in [-0.39, 0.29) is 6.04 Å². The lowest BCUT2D eigenvalue weighted by Crippen LogP contribution is -2.27. The number of ether oxygens (including phenoxy) is 1. The van der Waals surface area contributed by atoms with Crippen LogP contribution in [0.3, 0.4) is 0 Å². The zero-order valence-electron chi connectivity index (χ0n) is 13.0. The van der Waals surface area contributed by atoms with Gasteiger partial charge < -0.3 is 21.1 Å². The minimum absolute atomic E-state index is 0.109. The van der Waals surface area contributed by atoms with Gasteiger partial charge in [-0.1, -0.05) is 13.8 Å². The van der Waals surface area contributed by atoms with Gasteiger partial charge in [0.25, 0.3) is 0 Å². The van der Waals surface area contributed by atoms with Crippen LogP contribution >= 0.6 is 0 Å². The van der Waals surface area contributed by atoms with Gasteiger partial charge in [-0.25, -0.2) is 9.48 Å². The summed E-state index contributed by atoms with van der Waals surface area (Å²) in [4.78, 5) is 14.0. The fourth-order valence-electron chi connectivity index (χ4n) is 2.51. The predicted octanol–water partition coefficient (Wildman–Crippen LogP) is 0.835. The number of hydrogen-bond acceptors (Lipinski definition) is 6. The zero-order chi connectivity index (χ0) is 15.6. The predicted molar refractivity (Wildman–Crippen MR) is 82.2 cm³/mol. The number of nitrogens with two attached hydrogens (primary N) is 2. The second kappa shape index (κ2) is 6.34. The zero-order valence-corrected chi connectivity index (χ0v) is 13.0. The summed E-state index contributed by atoms with van der Waals surface area (Å²) >= 11 is 0. The number of aromatic nitrogens is 2. The molecule has 0 aromatic carbocycles. The third-order valence-electron chi connectivity index (χ3n) is 3.81. The highest BCUT2D eigenvalue weighted by Gasteiger charge is 2.30. The highest BCUT2D eigenvalue weighted by Crippen LogP contribution is 2.29. The van der Waals surface area contributed by atoms with Gasteiger partial charge in [0.05, 0.1) is 7.11 Å². The molecule has 7 heteroatoms. The van der Waals surface area contributed by atoms with Crippen molar-refractivity contribution in [2.45, 2.75) is 39.3 Å². The maximum absolute atomic E-state index is 12.0. The molecule has 21 heavy (non-hydrogen) atoms. The molecule has 1 aromatic heterocycles. The summed E-state index contributed by atoms with van der Waals surface area (Å²) in [5.41, 5.74) is 12.4. The number of anilines is 2. The Morgan fingerprint density at radius 2 is 2.24 bits per heavy atom. The highest BCUT2D eigenvalue weighted by molar-refractivity contribution is 5.99. The number of esters is 1. The van der Waals surface area contributed by atoms with E-state index in [9.17, 15) is 4.79 Å². The Kier molecular flexibility index (Phi) is 4.72. The molecule has 1 unspecified atom stereocenters. The Bertz CT molecular complexity index is 512. The minimum atomic E-state index is -0.446. The van der Waals surface area contributed by atoms with Crippen molar-refractivity contribution in [3.63, 3.8) is 0 Å². The molecular weight excluding hydrogens is 270 g/mol. The Morgan fingerprint density at radius 3 is 2.76 bits per heavy atom. The van der Waals surface area contributed by atoms with Gasteiger partial charge in [0, 0.05) is 25.7 Å². The maximum atomic E-state index is 12.0. The van der Waals surface area contributed by atoms with Crippen LogP contribution in [-0.4, -0.2) is 42.0 Å². The SMILES string of the molecule is COC(=O)c1c(N2CCC(N)C2)nn(CCC(C)C)c1N. The van der Waals surface area contributed by atoms with Gasteiger partial charge in [-0.3, -0.25) is 0 Å². The van der Waals surface area contributed by atoms with Crippen molar-refractivity contribution >= 4 is 17.6 Å². The van der Waals surface area contributed by atoms with E-state index >= 15 is 0 Å². The summed E-state index contributed by atoms with van der Waals surface area (Å²) in [6, 6.07) is 0.109. The van der Waals surface area contributed by atoms with Crippen molar-refractivity contribution in [1.29, 1.82) is 0 Å². The third-order valence-corrected chi connectivity index (χ3v) is 3.81. The first-order valence-electron chi connectivity index (χ1n) is 7.39. The Hall–Kier alpha value is -1.76. The van der Waals surface area contributed by atoms with Crippen molar-refractivity contribution < 1.29 is 9.53 Å². The van der Waals surface area contributed by atoms with Gasteiger partial charge in [0.1, 0.15) is 11.4 Å². The minimum Gasteiger partial charge on any atom is -0.465 e. The van der Waals surface area contributed by atoms with Crippen LogP contribution in [0.5, 0.6) is 0 Å². The second-order valence-corrected chi connectivity index (χ2v) is 5.98.